The van der Waals surface area contributed by atoms with E-state index in [-0.39, 0.29) is 6.04 Å². The van der Waals surface area contributed by atoms with Gasteiger partial charge in [0.2, 0.25) is 11.8 Å². The van der Waals surface area contributed by atoms with Crippen molar-refractivity contribution in [2.45, 2.75) is 18.6 Å². The predicted molar refractivity (Wildman–Crippen MR) is 82.3 cm³/mol. The summed E-state index contributed by atoms with van der Waals surface area (Å²) in [5.41, 5.74) is 1.07. The van der Waals surface area contributed by atoms with Crippen molar-refractivity contribution in [2.75, 3.05) is 25.7 Å². The van der Waals surface area contributed by atoms with Gasteiger partial charge in [0.1, 0.15) is 5.75 Å². The molecule has 0 amide bonds. The highest BCUT2D eigenvalue weighted by Crippen LogP contribution is 2.36. The summed E-state index contributed by atoms with van der Waals surface area (Å²) in [6, 6.07) is 9.58. The molecule has 22 heavy (non-hydrogen) atoms. The largest absolute Gasteiger partial charge is 0.497 e. The maximum Gasteiger partial charge on any atom is 0.229 e. The Balaban J connectivity index is 1.94. The molecule has 1 saturated heterocycles. The molecule has 0 aliphatic carbocycles. The third-order valence-electron chi connectivity index (χ3n) is 3.84. The van der Waals surface area contributed by atoms with E-state index in [2.05, 4.69) is 9.97 Å². The van der Waals surface area contributed by atoms with Crippen LogP contribution in [-0.4, -0.2) is 41.9 Å². The molecule has 2 aromatic rings. The topological polar surface area (TPSA) is 67.7 Å². The minimum absolute atomic E-state index is 0.0113. The highest BCUT2D eigenvalue weighted by Gasteiger charge is 2.34. The summed E-state index contributed by atoms with van der Waals surface area (Å²) in [6.07, 6.45) is 1.88. The number of hydrogen-bond donors (Lipinski definition) is 1. The lowest BCUT2D eigenvalue weighted by atomic mass is 10.0. The fraction of sp³-hybridized carbons (Fsp3) is 0.375. The van der Waals surface area contributed by atoms with Crippen LogP contribution in [0.5, 0.6) is 11.6 Å². The number of nitrogens with zero attached hydrogens (tertiary/aromatic N) is 3. The lowest BCUT2D eigenvalue weighted by Gasteiger charge is -2.25. The predicted octanol–water partition coefficient (Wildman–Crippen LogP) is 1.81. The van der Waals surface area contributed by atoms with Crippen LogP contribution in [0.1, 0.15) is 18.0 Å². The van der Waals surface area contributed by atoms with E-state index in [1.807, 2.05) is 29.2 Å². The Bertz CT molecular complexity index is 595. The molecule has 2 unspecified atom stereocenters. The molecule has 1 aliphatic rings. The van der Waals surface area contributed by atoms with E-state index in [4.69, 9.17) is 9.47 Å². The lowest BCUT2D eigenvalue weighted by Crippen LogP contribution is -2.26. The maximum absolute atomic E-state index is 10.1. The zero-order valence-corrected chi connectivity index (χ0v) is 12.6. The molecule has 1 aromatic carbocycles. The van der Waals surface area contributed by atoms with Crippen molar-refractivity contribution in [3.05, 3.63) is 42.1 Å². The first-order chi connectivity index (χ1) is 10.7. The van der Waals surface area contributed by atoms with Crippen molar-refractivity contribution in [2.24, 2.45) is 0 Å². The Morgan fingerprint density at radius 1 is 1.23 bits per heavy atom. The molecule has 1 N–H and O–H groups in total. The SMILES string of the molecule is COc1cccc(C2CC(O)CN2c2nccc(OC)n2)c1. The molecule has 1 aliphatic heterocycles. The molecule has 0 saturated carbocycles. The van der Waals surface area contributed by atoms with E-state index in [1.165, 1.54) is 0 Å². The molecular weight excluding hydrogens is 282 g/mol. The first kappa shape index (κ1) is 14.6. The average Bonchev–Trinajstić information content (AvgIpc) is 2.97. The van der Waals surface area contributed by atoms with Crippen molar-refractivity contribution in [1.82, 2.24) is 9.97 Å². The molecule has 116 valence electrons. The van der Waals surface area contributed by atoms with Crippen LogP contribution in [0.3, 0.4) is 0 Å². The summed E-state index contributed by atoms with van der Waals surface area (Å²) >= 11 is 0. The van der Waals surface area contributed by atoms with Gasteiger partial charge in [0.25, 0.3) is 0 Å². The van der Waals surface area contributed by atoms with E-state index in [0.717, 1.165) is 11.3 Å². The van der Waals surface area contributed by atoms with Crippen LogP contribution in [0.15, 0.2) is 36.5 Å². The molecule has 6 nitrogen and oxygen atoms in total. The van der Waals surface area contributed by atoms with Crippen molar-refractivity contribution in [1.29, 1.82) is 0 Å². The summed E-state index contributed by atoms with van der Waals surface area (Å²) in [6.45, 7) is 0.495. The quantitative estimate of drug-likeness (QED) is 0.929. The Kier molecular flexibility index (Phi) is 4.11. The maximum atomic E-state index is 10.1. The third-order valence-corrected chi connectivity index (χ3v) is 3.84. The smallest absolute Gasteiger partial charge is 0.229 e. The highest BCUT2D eigenvalue weighted by atomic mass is 16.5. The van der Waals surface area contributed by atoms with Gasteiger partial charge in [-0.15, -0.1) is 0 Å². The molecule has 2 heterocycles. The zero-order chi connectivity index (χ0) is 15.5. The fourth-order valence-electron chi connectivity index (χ4n) is 2.78. The molecule has 1 fully saturated rings. The molecule has 0 spiro atoms. The lowest BCUT2D eigenvalue weighted by molar-refractivity contribution is 0.194. The molecule has 3 rings (SSSR count). The number of anilines is 1. The van der Waals surface area contributed by atoms with Crippen molar-refractivity contribution >= 4 is 5.95 Å². The van der Waals surface area contributed by atoms with E-state index in [0.29, 0.717) is 24.8 Å². The number of aliphatic hydroxyl groups excluding tert-OH is 1. The summed E-state index contributed by atoms with van der Waals surface area (Å²) in [5.74, 6) is 1.87. The van der Waals surface area contributed by atoms with Gasteiger partial charge in [0.15, 0.2) is 0 Å². The van der Waals surface area contributed by atoms with Gasteiger partial charge in [-0.05, 0) is 24.1 Å². The Morgan fingerprint density at radius 3 is 2.86 bits per heavy atom. The number of hydrogen-bond acceptors (Lipinski definition) is 6. The van der Waals surface area contributed by atoms with E-state index < -0.39 is 6.10 Å². The van der Waals surface area contributed by atoms with E-state index in [1.54, 1.807) is 26.5 Å². The number of benzene rings is 1. The van der Waals surface area contributed by atoms with Gasteiger partial charge in [0.05, 0.1) is 26.4 Å². The summed E-state index contributed by atoms with van der Waals surface area (Å²) in [5, 5.41) is 10.1. The fourth-order valence-corrected chi connectivity index (χ4v) is 2.78. The van der Waals surface area contributed by atoms with Crippen molar-refractivity contribution in [3.63, 3.8) is 0 Å². The summed E-state index contributed by atoms with van der Waals surface area (Å²) in [7, 11) is 3.22. The second-order valence-electron chi connectivity index (χ2n) is 5.23. The van der Waals surface area contributed by atoms with E-state index in [9.17, 15) is 5.11 Å². The van der Waals surface area contributed by atoms with Crippen LogP contribution < -0.4 is 14.4 Å². The second-order valence-corrected chi connectivity index (χ2v) is 5.23. The van der Waals surface area contributed by atoms with Crippen LogP contribution in [0.2, 0.25) is 0 Å². The first-order valence-electron chi connectivity index (χ1n) is 7.17. The van der Waals surface area contributed by atoms with Gasteiger partial charge in [-0.1, -0.05) is 12.1 Å². The minimum Gasteiger partial charge on any atom is -0.497 e. The molecular formula is C16H19N3O3. The van der Waals surface area contributed by atoms with Gasteiger partial charge >= 0.3 is 0 Å². The van der Waals surface area contributed by atoms with Gasteiger partial charge in [0, 0.05) is 18.8 Å². The second kappa shape index (κ2) is 6.19. The van der Waals surface area contributed by atoms with Crippen molar-refractivity contribution < 1.29 is 14.6 Å². The standard InChI is InChI=1S/C16H19N3O3/c1-21-13-5-3-4-11(8-13)14-9-12(20)10-19(14)16-17-7-6-15(18-16)22-2/h3-8,12,14,20H,9-10H2,1-2H3. The van der Waals surface area contributed by atoms with Crippen molar-refractivity contribution in [3.8, 4) is 11.6 Å². The number of aliphatic hydroxyl groups is 1. The van der Waals surface area contributed by atoms with Crippen LogP contribution >= 0.6 is 0 Å². The summed E-state index contributed by atoms with van der Waals surface area (Å²) < 4.78 is 10.4. The average molecular weight is 301 g/mol. The van der Waals surface area contributed by atoms with E-state index >= 15 is 0 Å². The van der Waals surface area contributed by atoms with Crippen LogP contribution in [0, 0.1) is 0 Å². The van der Waals surface area contributed by atoms with Gasteiger partial charge in [-0.2, -0.15) is 4.98 Å². The Morgan fingerprint density at radius 2 is 2.09 bits per heavy atom. The minimum atomic E-state index is -0.411. The number of methoxy groups -OCH3 is 2. The summed E-state index contributed by atoms with van der Waals surface area (Å²) in [4.78, 5) is 10.7. The van der Waals surface area contributed by atoms with Gasteiger partial charge < -0.3 is 19.5 Å². The van der Waals surface area contributed by atoms with Crippen LogP contribution in [0.25, 0.3) is 0 Å². The number of rotatable bonds is 4. The third kappa shape index (κ3) is 2.82. The van der Waals surface area contributed by atoms with Crippen LogP contribution in [-0.2, 0) is 0 Å². The highest BCUT2D eigenvalue weighted by molar-refractivity contribution is 5.42. The van der Waals surface area contributed by atoms with Crippen LogP contribution in [0.4, 0.5) is 5.95 Å². The molecule has 0 radical (unpaired) electrons. The Labute approximate surface area is 129 Å². The van der Waals surface area contributed by atoms with Gasteiger partial charge in [-0.3, -0.25) is 0 Å². The molecule has 2 atom stereocenters. The number of ether oxygens (including phenoxy) is 2. The molecule has 1 aromatic heterocycles. The first-order valence-corrected chi connectivity index (χ1v) is 7.17. The monoisotopic (exact) mass is 301 g/mol. The molecule has 6 heteroatoms. The molecule has 0 bridgehead atoms. The number of aromatic nitrogens is 2. The number of β-amino-alcohol motifs (C(OH)–C–C–N with tert-alkyl or cyclic N) is 1. The Hall–Kier alpha value is -2.34. The normalized spacial score (nSPS) is 21.0. The zero-order valence-electron chi connectivity index (χ0n) is 12.6. The van der Waals surface area contributed by atoms with Gasteiger partial charge in [-0.25, -0.2) is 4.98 Å².